The number of ether oxygens (including phenoxy) is 1. The number of hydrogen-bond acceptors (Lipinski definition) is 3. The van der Waals surface area contributed by atoms with Gasteiger partial charge in [0.1, 0.15) is 5.75 Å². The lowest BCUT2D eigenvalue weighted by molar-refractivity contribution is 0.0695. The summed E-state index contributed by atoms with van der Waals surface area (Å²) >= 11 is 0. The summed E-state index contributed by atoms with van der Waals surface area (Å²) < 4.78 is 5.06. The lowest BCUT2D eigenvalue weighted by atomic mass is 10.0. The first kappa shape index (κ1) is 13.8. The Balaban J connectivity index is 2.27. The topological polar surface area (TPSA) is 63.6 Å². The highest BCUT2D eigenvalue weighted by atomic mass is 16.5. The highest BCUT2D eigenvalue weighted by molar-refractivity contribution is 5.98. The van der Waals surface area contributed by atoms with Crippen molar-refractivity contribution in [1.82, 2.24) is 0 Å². The normalized spacial score (nSPS) is 10.1. The Morgan fingerprint density at radius 1 is 1.05 bits per heavy atom. The standard InChI is InChI=1S/C16H14O4/c1-20-14-8-11(7-13(10-14)16(18)19)9-15(17)12-5-3-2-4-6-12/h2-8,10H,9H2,1H3,(H,18,19). The monoisotopic (exact) mass is 270 g/mol. The molecule has 0 aliphatic heterocycles. The van der Waals surface area contributed by atoms with Crippen molar-refractivity contribution in [2.24, 2.45) is 0 Å². The zero-order chi connectivity index (χ0) is 14.5. The number of carboxylic acids is 1. The highest BCUT2D eigenvalue weighted by Gasteiger charge is 2.11. The molecule has 0 fully saturated rings. The third-order valence-electron chi connectivity index (χ3n) is 2.91. The van der Waals surface area contributed by atoms with Gasteiger partial charge in [0.2, 0.25) is 0 Å². The average Bonchev–Trinajstić information content (AvgIpc) is 2.47. The van der Waals surface area contributed by atoms with E-state index in [1.165, 1.54) is 19.2 Å². The fraction of sp³-hybridized carbons (Fsp3) is 0.125. The number of benzene rings is 2. The average molecular weight is 270 g/mol. The van der Waals surface area contributed by atoms with Gasteiger partial charge in [0.05, 0.1) is 12.7 Å². The molecule has 0 amide bonds. The van der Waals surface area contributed by atoms with E-state index in [4.69, 9.17) is 9.84 Å². The van der Waals surface area contributed by atoms with Gasteiger partial charge < -0.3 is 9.84 Å². The van der Waals surface area contributed by atoms with Crippen LogP contribution in [-0.4, -0.2) is 24.0 Å². The van der Waals surface area contributed by atoms with Gasteiger partial charge in [0.25, 0.3) is 0 Å². The Bertz CT molecular complexity index is 632. The second-order valence-corrected chi connectivity index (χ2v) is 4.34. The van der Waals surface area contributed by atoms with Gasteiger partial charge in [0, 0.05) is 12.0 Å². The van der Waals surface area contributed by atoms with Crippen LogP contribution in [0.5, 0.6) is 5.75 Å². The third-order valence-corrected chi connectivity index (χ3v) is 2.91. The molecule has 0 aliphatic rings. The van der Waals surface area contributed by atoms with Crippen molar-refractivity contribution in [3.05, 3.63) is 65.2 Å². The molecule has 0 saturated heterocycles. The molecule has 0 aliphatic carbocycles. The van der Waals surface area contributed by atoms with Crippen molar-refractivity contribution in [2.75, 3.05) is 7.11 Å². The summed E-state index contributed by atoms with van der Waals surface area (Å²) in [4.78, 5) is 23.1. The number of carbonyl (C=O) groups excluding carboxylic acids is 1. The van der Waals surface area contributed by atoms with Crippen LogP contribution >= 0.6 is 0 Å². The maximum atomic E-state index is 12.1. The molecular weight excluding hydrogens is 256 g/mol. The van der Waals surface area contributed by atoms with E-state index in [0.717, 1.165) is 0 Å². The summed E-state index contributed by atoms with van der Waals surface area (Å²) in [5.74, 6) is -0.673. The van der Waals surface area contributed by atoms with Crippen LogP contribution in [0, 0.1) is 0 Å². The minimum atomic E-state index is -1.04. The van der Waals surface area contributed by atoms with E-state index < -0.39 is 5.97 Å². The van der Waals surface area contributed by atoms with Crippen LogP contribution in [0.3, 0.4) is 0 Å². The highest BCUT2D eigenvalue weighted by Crippen LogP contribution is 2.18. The van der Waals surface area contributed by atoms with Crippen molar-refractivity contribution >= 4 is 11.8 Å². The van der Waals surface area contributed by atoms with Crippen LogP contribution in [0.15, 0.2) is 48.5 Å². The van der Waals surface area contributed by atoms with Gasteiger partial charge in [-0.2, -0.15) is 0 Å². The quantitative estimate of drug-likeness (QED) is 0.848. The largest absolute Gasteiger partial charge is 0.497 e. The van der Waals surface area contributed by atoms with Crippen LogP contribution in [-0.2, 0) is 6.42 Å². The SMILES string of the molecule is COc1cc(CC(=O)c2ccccc2)cc(C(=O)O)c1. The van der Waals surface area contributed by atoms with Crippen LogP contribution in [0.2, 0.25) is 0 Å². The van der Waals surface area contributed by atoms with Gasteiger partial charge in [0.15, 0.2) is 5.78 Å². The number of hydrogen-bond donors (Lipinski definition) is 1. The summed E-state index contributed by atoms with van der Waals surface area (Å²) in [5, 5.41) is 9.04. The number of Topliss-reactive ketones (excluding diaryl/α,β-unsaturated/α-hetero) is 1. The molecule has 102 valence electrons. The number of aromatic carboxylic acids is 1. The fourth-order valence-corrected chi connectivity index (χ4v) is 1.92. The molecule has 0 bridgehead atoms. The van der Waals surface area contributed by atoms with E-state index in [-0.39, 0.29) is 17.8 Å². The molecule has 20 heavy (non-hydrogen) atoms. The predicted molar refractivity (Wildman–Crippen MR) is 74.4 cm³/mol. The summed E-state index contributed by atoms with van der Waals surface area (Å²) in [6.07, 6.45) is 0.140. The number of methoxy groups -OCH3 is 1. The molecule has 2 rings (SSSR count). The summed E-state index contributed by atoms with van der Waals surface area (Å²) in [7, 11) is 1.46. The molecule has 2 aromatic rings. The van der Waals surface area contributed by atoms with Gasteiger partial charge >= 0.3 is 5.97 Å². The zero-order valence-corrected chi connectivity index (χ0v) is 11.0. The van der Waals surface area contributed by atoms with Gasteiger partial charge in [-0.05, 0) is 23.8 Å². The summed E-state index contributed by atoms with van der Waals surface area (Å²) in [6.45, 7) is 0. The van der Waals surface area contributed by atoms with Crippen molar-refractivity contribution in [3.63, 3.8) is 0 Å². The van der Waals surface area contributed by atoms with Crippen molar-refractivity contribution in [1.29, 1.82) is 0 Å². The molecule has 0 saturated carbocycles. The Morgan fingerprint density at radius 2 is 1.75 bits per heavy atom. The van der Waals surface area contributed by atoms with E-state index >= 15 is 0 Å². The Labute approximate surface area is 116 Å². The number of carboxylic acid groups (broad SMARTS) is 1. The smallest absolute Gasteiger partial charge is 0.335 e. The molecule has 0 spiro atoms. The Morgan fingerprint density at radius 3 is 2.35 bits per heavy atom. The van der Waals surface area contributed by atoms with Crippen LogP contribution in [0.4, 0.5) is 0 Å². The molecule has 1 N–H and O–H groups in total. The second kappa shape index (κ2) is 6.02. The van der Waals surface area contributed by atoms with Gasteiger partial charge in [-0.1, -0.05) is 30.3 Å². The molecule has 2 aromatic carbocycles. The fourth-order valence-electron chi connectivity index (χ4n) is 1.92. The van der Waals surface area contributed by atoms with Crippen LogP contribution in [0.25, 0.3) is 0 Å². The van der Waals surface area contributed by atoms with E-state index in [9.17, 15) is 9.59 Å². The number of rotatable bonds is 5. The number of carbonyl (C=O) groups is 2. The molecule has 0 heterocycles. The van der Waals surface area contributed by atoms with E-state index in [0.29, 0.717) is 16.9 Å². The van der Waals surface area contributed by atoms with E-state index in [1.807, 2.05) is 6.07 Å². The summed E-state index contributed by atoms with van der Waals surface area (Å²) in [5.41, 5.74) is 1.34. The molecule has 0 atom stereocenters. The van der Waals surface area contributed by atoms with Crippen molar-refractivity contribution in [3.8, 4) is 5.75 Å². The molecule has 0 radical (unpaired) electrons. The first-order valence-electron chi connectivity index (χ1n) is 6.09. The van der Waals surface area contributed by atoms with Gasteiger partial charge in [-0.25, -0.2) is 4.79 Å². The maximum Gasteiger partial charge on any atom is 0.335 e. The maximum absolute atomic E-state index is 12.1. The molecule has 0 unspecified atom stereocenters. The Hall–Kier alpha value is -2.62. The van der Waals surface area contributed by atoms with Crippen LogP contribution < -0.4 is 4.74 Å². The predicted octanol–water partition coefficient (Wildman–Crippen LogP) is 2.82. The Kier molecular flexibility index (Phi) is 4.15. The van der Waals surface area contributed by atoms with E-state index in [1.54, 1.807) is 30.3 Å². The van der Waals surface area contributed by atoms with Gasteiger partial charge in [-0.15, -0.1) is 0 Å². The second-order valence-electron chi connectivity index (χ2n) is 4.34. The van der Waals surface area contributed by atoms with E-state index in [2.05, 4.69) is 0 Å². The minimum absolute atomic E-state index is 0.0600. The molecule has 0 aromatic heterocycles. The number of ketones is 1. The summed E-state index contributed by atoms with van der Waals surface area (Å²) in [6, 6.07) is 13.5. The minimum Gasteiger partial charge on any atom is -0.497 e. The molecule has 4 heteroatoms. The van der Waals surface area contributed by atoms with Crippen LogP contribution in [0.1, 0.15) is 26.3 Å². The first-order chi connectivity index (χ1) is 9.60. The van der Waals surface area contributed by atoms with Gasteiger partial charge in [-0.3, -0.25) is 4.79 Å². The van der Waals surface area contributed by atoms with Crippen molar-refractivity contribution in [2.45, 2.75) is 6.42 Å². The lowest BCUT2D eigenvalue weighted by Gasteiger charge is -2.07. The third kappa shape index (κ3) is 3.23. The molecular formula is C16H14O4. The first-order valence-corrected chi connectivity index (χ1v) is 6.09. The lowest BCUT2D eigenvalue weighted by Crippen LogP contribution is -2.05. The molecule has 4 nitrogen and oxygen atoms in total. The zero-order valence-electron chi connectivity index (χ0n) is 11.0. The van der Waals surface area contributed by atoms with Crippen molar-refractivity contribution < 1.29 is 19.4 Å².